The SMILES string of the molecule is CCC(=O)C(CC(=O)O)NC(=O)CC1CC(CC2C=CC(C[C@@H](C(=O)N[C@@H](CC(=O)N=O)C(=O)COC(=O)c3c(C)cccc3Cl)n3cccc(NC(=O)CCc4ccccc4)c3=O)=CC2)=CC=C(NC(=O)CCc2ccccc2)C1=O. The van der Waals surface area contributed by atoms with Crippen LogP contribution in [0.4, 0.5) is 5.69 Å². The van der Waals surface area contributed by atoms with Crippen molar-refractivity contribution in [2.45, 2.75) is 109 Å². The van der Waals surface area contributed by atoms with E-state index in [9.17, 15) is 62.8 Å². The van der Waals surface area contributed by atoms with Crippen LogP contribution in [0, 0.1) is 23.7 Å². The van der Waals surface area contributed by atoms with Crippen LogP contribution in [0.1, 0.15) is 104 Å². The molecule has 1 aromatic heterocycles. The average molecular weight is 1140 g/mol. The maximum atomic E-state index is 14.6. The molecule has 428 valence electrons. The van der Waals surface area contributed by atoms with E-state index in [-0.39, 0.29) is 60.0 Å². The van der Waals surface area contributed by atoms with Gasteiger partial charge in [-0.2, -0.15) is 0 Å². The second-order valence-electron chi connectivity index (χ2n) is 19.9. The molecular weight excluding hydrogens is 1080 g/mol. The maximum absolute atomic E-state index is 14.6. The highest BCUT2D eigenvalue weighted by Gasteiger charge is 2.34. The second kappa shape index (κ2) is 30.5. The summed E-state index contributed by atoms with van der Waals surface area (Å²) >= 11 is 6.23. The van der Waals surface area contributed by atoms with E-state index in [1.54, 1.807) is 31.2 Å². The lowest BCUT2D eigenvalue weighted by Crippen LogP contribution is -2.48. The van der Waals surface area contributed by atoms with Gasteiger partial charge < -0.3 is 35.7 Å². The van der Waals surface area contributed by atoms with Crippen molar-refractivity contribution in [1.82, 2.24) is 20.5 Å². The number of carboxylic acid groups (broad SMARTS) is 1. The maximum Gasteiger partial charge on any atom is 0.340 e. The quantitative estimate of drug-likeness (QED) is 0.0276. The number of ether oxygens (including phenoxy) is 1. The number of aryl methyl sites for hydroxylation is 3. The minimum Gasteiger partial charge on any atom is -0.481 e. The molecule has 20 nitrogen and oxygen atoms in total. The molecule has 1 heterocycles. The molecule has 6 rings (SSSR count). The molecule has 0 radical (unpaired) electrons. The summed E-state index contributed by atoms with van der Waals surface area (Å²) in [4.78, 5) is 158. The third-order valence-corrected chi connectivity index (χ3v) is 14.1. The number of nitrogens with zero attached hydrogens (tertiary/aromatic N) is 2. The van der Waals surface area contributed by atoms with Crippen molar-refractivity contribution in [3.05, 3.63) is 187 Å². The molecule has 21 heteroatoms. The van der Waals surface area contributed by atoms with Gasteiger partial charge in [0.1, 0.15) is 17.8 Å². The van der Waals surface area contributed by atoms with Gasteiger partial charge in [0, 0.05) is 49.4 Å². The van der Waals surface area contributed by atoms with E-state index in [1.165, 1.54) is 37.4 Å². The number of esters is 1. The molecule has 5 N–H and O–H groups in total. The number of ketones is 3. The van der Waals surface area contributed by atoms with Gasteiger partial charge in [0.2, 0.25) is 23.6 Å². The molecule has 0 aliphatic heterocycles. The van der Waals surface area contributed by atoms with Gasteiger partial charge in [-0.05, 0) is 91.5 Å². The van der Waals surface area contributed by atoms with Crippen molar-refractivity contribution >= 4 is 76.1 Å². The number of nitroso groups, excluding NO2 is 1. The summed E-state index contributed by atoms with van der Waals surface area (Å²) in [6.45, 7) is 2.17. The Kier molecular flexibility index (Phi) is 23.1. The predicted octanol–water partition coefficient (Wildman–Crippen LogP) is 7.28. The van der Waals surface area contributed by atoms with Crippen molar-refractivity contribution in [2.75, 3.05) is 11.9 Å². The van der Waals surface area contributed by atoms with Crippen molar-refractivity contribution in [3.63, 3.8) is 0 Å². The van der Waals surface area contributed by atoms with Crippen LogP contribution in [0.5, 0.6) is 0 Å². The zero-order valence-corrected chi connectivity index (χ0v) is 46.0. The number of allylic oxidation sites excluding steroid dienone is 8. The Morgan fingerprint density at radius 3 is 2.05 bits per heavy atom. The lowest BCUT2D eigenvalue weighted by molar-refractivity contribution is -0.140. The highest BCUT2D eigenvalue weighted by atomic mass is 35.5. The topological polar surface area (TPSA) is 300 Å². The molecular formula is C61H63ClN6O14. The Labute approximate surface area is 477 Å². The van der Waals surface area contributed by atoms with Crippen LogP contribution in [0.25, 0.3) is 0 Å². The normalized spacial score (nSPS) is 15.8. The minimum atomic E-state index is -1.77. The molecule has 5 atom stereocenters. The van der Waals surface area contributed by atoms with E-state index in [4.69, 9.17) is 16.3 Å². The second-order valence-corrected chi connectivity index (χ2v) is 20.3. The van der Waals surface area contributed by atoms with E-state index in [0.29, 0.717) is 42.4 Å². The van der Waals surface area contributed by atoms with Gasteiger partial charge in [-0.3, -0.25) is 47.9 Å². The molecule has 2 aliphatic rings. The number of halogens is 1. The van der Waals surface area contributed by atoms with Gasteiger partial charge in [0.05, 0.1) is 35.2 Å². The number of aliphatic carboxylic acids is 1. The number of pyridine rings is 1. The number of anilines is 1. The highest BCUT2D eigenvalue weighted by Crippen LogP contribution is 2.33. The predicted molar refractivity (Wildman–Crippen MR) is 303 cm³/mol. The summed E-state index contributed by atoms with van der Waals surface area (Å²) in [6, 6.07) is 21.4. The molecule has 0 bridgehead atoms. The minimum absolute atomic E-state index is 0.0199. The summed E-state index contributed by atoms with van der Waals surface area (Å²) in [7, 11) is 0. The van der Waals surface area contributed by atoms with Gasteiger partial charge >= 0.3 is 11.9 Å². The molecule has 82 heavy (non-hydrogen) atoms. The molecule has 2 aliphatic carbocycles. The molecule has 0 spiro atoms. The van der Waals surface area contributed by atoms with E-state index < -0.39 is 114 Å². The Balaban J connectivity index is 1.23. The van der Waals surface area contributed by atoms with Crippen molar-refractivity contribution in [2.24, 2.45) is 17.0 Å². The van der Waals surface area contributed by atoms with Gasteiger partial charge in [-0.15, -0.1) is 4.91 Å². The largest absolute Gasteiger partial charge is 0.481 e. The lowest BCUT2D eigenvalue weighted by atomic mass is 9.84. The number of hydrogen-bond acceptors (Lipinski definition) is 13. The van der Waals surface area contributed by atoms with Crippen LogP contribution in [-0.4, -0.2) is 87.2 Å². The van der Waals surface area contributed by atoms with Crippen LogP contribution in [0.15, 0.2) is 154 Å². The van der Waals surface area contributed by atoms with Crippen molar-refractivity contribution in [1.29, 1.82) is 0 Å². The first-order valence-corrected chi connectivity index (χ1v) is 27.0. The third kappa shape index (κ3) is 18.5. The zero-order valence-electron chi connectivity index (χ0n) is 45.2. The summed E-state index contributed by atoms with van der Waals surface area (Å²) in [6.07, 6.45) is 9.25. The Morgan fingerprint density at radius 2 is 1.44 bits per heavy atom. The fourth-order valence-electron chi connectivity index (χ4n) is 9.44. The van der Waals surface area contributed by atoms with Gasteiger partial charge in [0.25, 0.3) is 11.5 Å². The number of amides is 5. The van der Waals surface area contributed by atoms with Crippen LogP contribution in [-0.2, 0) is 60.7 Å². The number of nitrogens with one attached hydrogen (secondary N) is 4. The van der Waals surface area contributed by atoms with Crippen molar-refractivity contribution < 1.29 is 57.8 Å². The summed E-state index contributed by atoms with van der Waals surface area (Å²) in [5, 5.41) is 22.2. The summed E-state index contributed by atoms with van der Waals surface area (Å²) < 4.78 is 6.31. The van der Waals surface area contributed by atoms with E-state index in [1.807, 2.05) is 72.8 Å². The van der Waals surface area contributed by atoms with E-state index >= 15 is 0 Å². The van der Waals surface area contributed by atoms with Crippen LogP contribution in [0.3, 0.4) is 0 Å². The van der Waals surface area contributed by atoms with Gasteiger partial charge in [-0.1, -0.05) is 121 Å². The first-order valence-electron chi connectivity index (χ1n) is 26.7. The van der Waals surface area contributed by atoms with Gasteiger partial charge in [0.15, 0.2) is 24.0 Å². The summed E-state index contributed by atoms with van der Waals surface area (Å²) in [5.74, 6) is -9.48. The first-order chi connectivity index (χ1) is 39.3. The number of carbonyl (C=O) groups is 10. The monoisotopic (exact) mass is 1140 g/mol. The smallest absolute Gasteiger partial charge is 0.340 e. The third-order valence-electron chi connectivity index (χ3n) is 13.8. The molecule has 4 aromatic rings. The average Bonchev–Trinajstić information content (AvgIpc) is 3.72. The Hall–Kier alpha value is -9.04. The number of rotatable bonds is 28. The van der Waals surface area contributed by atoms with Crippen LogP contribution >= 0.6 is 11.6 Å². The number of aromatic nitrogens is 1. The molecule has 0 saturated carbocycles. The number of Topliss-reactive ketones (excluding diaryl/α,β-unsaturated/α-hetero) is 3. The first kappa shape index (κ1) is 62.2. The fraction of sp³-hybridized carbons (Fsp3) is 0.328. The number of carbonyl (C=O) groups excluding carboxylic acids is 9. The van der Waals surface area contributed by atoms with Gasteiger partial charge in [-0.25, -0.2) is 4.79 Å². The van der Waals surface area contributed by atoms with E-state index in [2.05, 4.69) is 26.4 Å². The standard InChI is InChI=1S/C61H63ClN6O14/c1-3-50(69)48(35-56(75)76)65-54(73)33-43-31-42(23-26-45(58(43)77)63-52(71)27-24-38-13-6-4-7-14-38)30-40-19-21-41(22-20-40)32-49(68-29-11-18-46(60(68)79)64-53(72)28-25-39-15-8-5-9-16-39)59(78)66-47(34-55(74)67-81)51(70)36-82-61(80)57-37(2)12-10-17-44(57)62/h4-19,21-23,26,29,40,43,47-49H,3,20,24-25,27-28,30-36H2,1-2H3,(H,63,71)(H,64,72)(H,65,73)(H,66,78)(H,75,76)/t40?,43?,47-,48?,49-/m0/s1. The van der Waals surface area contributed by atoms with Crippen molar-refractivity contribution in [3.8, 4) is 0 Å². The number of hydrogen-bond donors (Lipinski definition) is 5. The fourth-order valence-corrected chi connectivity index (χ4v) is 9.74. The van der Waals surface area contributed by atoms with E-state index in [0.717, 1.165) is 15.7 Å². The molecule has 3 unspecified atom stereocenters. The summed E-state index contributed by atoms with van der Waals surface area (Å²) in [5.41, 5.74) is 2.48. The number of benzene rings is 3. The molecule has 0 fully saturated rings. The molecule has 5 amide bonds. The van der Waals surface area contributed by atoms with Crippen LogP contribution < -0.4 is 26.8 Å². The molecule has 3 aromatic carbocycles. The highest BCUT2D eigenvalue weighted by molar-refractivity contribution is 6.33. The zero-order chi connectivity index (χ0) is 59.3. The van der Waals surface area contributed by atoms with Crippen LogP contribution in [0.2, 0.25) is 5.02 Å². The molecule has 0 saturated heterocycles. The Bertz CT molecular complexity index is 3260. The lowest BCUT2D eigenvalue weighted by Gasteiger charge is -2.25. The Morgan fingerprint density at radius 1 is 0.780 bits per heavy atom. The number of carboxylic acids is 1.